The molecule has 0 aliphatic heterocycles. The Morgan fingerprint density at radius 1 is 1.37 bits per heavy atom. The first-order chi connectivity index (χ1) is 8.95. The quantitative estimate of drug-likeness (QED) is 0.793. The topological polar surface area (TPSA) is 49.3 Å². The molecule has 1 unspecified atom stereocenters. The van der Waals surface area contributed by atoms with E-state index in [9.17, 15) is 18.0 Å². The molecule has 3 nitrogen and oxygen atoms in total. The van der Waals surface area contributed by atoms with Gasteiger partial charge in [-0.2, -0.15) is 0 Å². The number of anilines is 1. The minimum atomic E-state index is -1.61. The number of carbonyl (C=O) groups is 1. The van der Waals surface area contributed by atoms with Gasteiger partial charge in [0.15, 0.2) is 17.5 Å². The summed E-state index contributed by atoms with van der Waals surface area (Å²) in [6.07, 6.45) is 0.539. The van der Waals surface area contributed by atoms with E-state index in [-0.39, 0.29) is 23.3 Å². The molecule has 0 aliphatic carbocycles. The van der Waals surface area contributed by atoms with E-state index < -0.39 is 23.4 Å². The minimum Gasteiger partial charge on any atom is -0.396 e. The summed E-state index contributed by atoms with van der Waals surface area (Å²) in [5.74, 6) is -4.80. The number of rotatable bonds is 6. The molecule has 1 aromatic rings. The van der Waals surface area contributed by atoms with Gasteiger partial charge in [-0.15, -0.1) is 11.8 Å². The molecule has 0 aromatic heterocycles. The van der Waals surface area contributed by atoms with Crippen LogP contribution < -0.4 is 5.32 Å². The fraction of sp³-hybridized carbons (Fsp3) is 0.417. The lowest BCUT2D eigenvalue weighted by Gasteiger charge is -2.10. The first-order valence-electron chi connectivity index (χ1n) is 5.61. The Bertz CT molecular complexity index is 457. The van der Waals surface area contributed by atoms with E-state index in [1.807, 2.05) is 6.92 Å². The van der Waals surface area contributed by atoms with Crippen LogP contribution in [0.2, 0.25) is 0 Å². The summed E-state index contributed by atoms with van der Waals surface area (Å²) >= 11 is 1.28. The van der Waals surface area contributed by atoms with E-state index in [2.05, 4.69) is 5.32 Å². The Labute approximate surface area is 113 Å². The lowest BCUT2D eigenvalue weighted by molar-refractivity contribution is -0.113. The molecule has 19 heavy (non-hydrogen) atoms. The van der Waals surface area contributed by atoms with Crippen LogP contribution in [0.25, 0.3) is 0 Å². The van der Waals surface area contributed by atoms with Gasteiger partial charge in [0.05, 0.1) is 11.4 Å². The van der Waals surface area contributed by atoms with E-state index in [1.54, 1.807) is 0 Å². The van der Waals surface area contributed by atoms with Crippen LogP contribution in [0.1, 0.15) is 13.3 Å². The molecule has 1 rings (SSSR count). The summed E-state index contributed by atoms with van der Waals surface area (Å²) < 4.78 is 38.9. The molecule has 0 heterocycles. The Morgan fingerprint density at radius 3 is 2.68 bits per heavy atom. The molecule has 1 aromatic carbocycles. The summed E-state index contributed by atoms with van der Waals surface area (Å²) in [4.78, 5) is 11.5. The van der Waals surface area contributed by atoms with Crippen molar-refractivity contribution in [3.05, 3.63) is 29.6 Å². The van der Waals surface area contributed by atoms with Crippen LogP contribution in [0.15, 0.2) is 12.1 Å². The molecule has 1 amide bonds. The largest absolute Gasteiger partial charge is 0.396 e. The molecule has 0 bridgehead atoms. The van der Waals surface area contributed by atoms with Crippen LogP contribution in [-0.2, 0) is 4.79 Å². The number of thioether (sulfide) groups is 1. The third-order valence-electron chi connectivity index (χ3n) is 2.34. The Balaban J connectivity index is 2.56. The molecule has 7 heteroatoms. The second-order valence-corrected chi connectivity index (χ2v) is 5.33. The van der Waals surface area contributed by atoms with Crippen molar-refractivity contribution >= 4 is 23.4 Å². The summed E-state index contributed by atoms with van der Waals surface area (Å²) in [6.45, 7) is 1.86. The van der Waals surface area contributed by atoms with Crippen molar-refractivity contribution in [3.63, 3.8) is 0 Å². The van der Waals surface area contributed by atoms with Gasteiger partial charge in [0.25, 0.3) is 0 Å². The van der Waals surface area contributed by atoms with Gasteiger partial charge in [-0.25, -0.2) is 13.2 Å². The number of hydrogen-bond donors (Lipinski definition) is 2. The predicted octanol–water partition coefficient (Wildman–Crippen LogP) is 2.55. The number of hydrogen-bond acceptors (Lipinski definition) is 3. The van der Waals surface area contributed by atoms with E-state index in [0.29, 0.717) is 6.42 Å². The molecule has 106 valence electrons. The van der Waals surface area contributed by atoms with Gasteiger partial charge in [0.1, 0.15) is 0 Å². The second kappa shape index (κ2) is 7.40. The molecule has 0 spiro atoms. The standard InChI is InChI=1S/C12H14F3NO2S/c1-7(4-5-17)19-6-10(18)16-9-3-2-8(13)11(14)12(9)15/h2-3,7,17H,4-6H2,1H3,(H,16,18). The third kappa shape index (κ3) is 4.76. The van der Waals surface area contributed by atoms with E-state index in [4.69, 9.17) is 5.11 Å². The van der Waals surface area contributed by atoms with Gasteiger partial charge < -0.3 is 10.4 Å². The van der Waals surface area contributed by atoms with Crippen LogP contribution in [0, 0.1) is 17.5 Å². The molecule has 0 fully saturated rings. The molecule has 0 radical (unpaired) electrons. The maximum Gasteiger partial charge on any atom is 0.234 e. The monoisotopic (exact) mass is 293 g/mol. The average Bonchev–Trinajstić information content (AvgIpc) is 2.37. The lowest BCUT2D eigenvalue weighted by Crippen LogP contribution is -2.17. The summed E-state index contributed by atoms with van der Waals surface area (Å²) in [5.41, 5.74) is -0.390. The first-order valence-corrected chi connectivity index (χ1v) is 6.66. The molecule has 0 saturated carbocycles. The number of aliphatic hydroxyl groups is 1. The highest BCUT2D eigenvalue weighted by molar-refractivity contribution is 8.00. The molecule has 1 atom stereocenters. The summed E-state index contributed by atoms with van der Waals surface area (Å²) in [5, 5.41) is 10.9. The predicted molar refractivity (Wildman–Crippen MR) is 68.6 cm³/mol. The lowest BCUT2D eigenvalue weighted by atomic mass is 10.3. The van der Waals surface area contributed by atoms with Crippen LogP contribution in [0.5, 0.6) is 0 Å². The number of aliphatic hydroxyl groups excluding tert-OH is 1. The number of nitrogens with one attached hydrogen (secondary N) is 1. The smallest absolute Gasteiger partial charge is 0.234 e. The maximum absolute atomic E-state index is 13.3. The van der Waals surface area contributed by atoms with Gasteiger partial charge >= 0.3 is 0 Å². The van der Waals surface area contributed by atoms with E-state index >= 15 is 0 Å². The highest BCUT2D eigenvalue weighted by atomic mass is 32.2. The van der Waals surface area contributed by atoms with E-state index in [1.165, 1.54) is 11.8 Å². The van der Waals surface area contributed by atoms with Gasteiger partial charge in [0, 0.05) is 11.9 Å². The van der Waals surface area contributed by atoms with E-state index in [0.717, 1.165) is 12.1 Å². The van der Waals surface area contributed by atoms with Crippen LogP contribution >= 0.6 is 11.8 Å². The van der Waals surface area contributed by atoms with Gasteiger partial charge in [-0.05, 0) is 18.6 Å². The Kier molecular flexibility index (Phi) is 6.17. The SMILES string of the molecule is CC(CCO)SCC(=O)Nc1ccc(F)c(F)c1F. The summed E-state index contributed by atoms with van der Waals surface area (Å²) in [6, 6.07) is 1.71. The zero-order chi connectivity index (χ0) is 14.4. The number of halogens is 3. The van der Waals surface area contributed by atoms with Crippen molar-refractivity contribution in [2.45, 2.75) is 18.6 Å². The van der Waals surface area contributed by atoms with Gasteiger partial charge in [0.2, 0.25) is 5.91 Å². The zero-order valence-electron chi connectivity index (χ0n) is 10.3. The fourth-order valence-electron chi connectivity index (χ4n) is 1.29. The Morgan fingerprint density at radius 2 is 2.05 bits per heavy atom. The number of benzene rings is 1. The van der Waals surface area contributed by atoms with Gasteiger partial charge in [-0.1, -0.05) is 6.92 Å². The first kappa shape index (κ1) is 15.8. The van der Waals surface area contributed by atoms with Crippen molar-refractivity contribution in [1.29, 1.82) is 0 Å². The fourth-order valence-corrected chi connectivity index (χ4v) is 2.07. The molecular formula is C12H14F3NO2S. The van der Waals surface area contributed by atoms with Gasteiger partial charge in [-0.3, -0.25) is 4.79 Å². The molecule has 0 saturated heterocycles. The number of amides is 1. The minimum absolute atomic E-state index is 0.0214. The summed E-state index contributed by atoms with van der Waals surface area (Å²) in [7, 11) is 0. The second-order valence-electron chi connectivity index (χ2n) is 3.90. The van der Waals surface area contributed by atoms with Crippen molar-refractivity contribution in [2.75, 3.05) is 17.7 Å². The van der Waals surface area contributed by atoms with Crippen molar-refractivity contribution in [3.8, 4) is 0 Å². The highest BCUT2D eigenvalue weighted by Crippen LogP contribution is 2.20. The van der Waals surface area contributed by atoms with Crippen LogP contribution in [0.4, 0.5) is 18.9 Å². The molecule has 2 N–H and O–H groups in total. The molecule has 0 aliphatic rings. The van der Waals surface area contributed by atoms with Crippen molar-refractivity contribution in [1.82, 2.24) is 0 Å². The third-order valence-corrected chi connectivity index (χ3v) is 3.58. The average molecular weight is 293 g/mol. The Hall–Kier alpha value is -1.21. The normalized spacial score (nSPS) is 12.3. The van der Waals surface area contributed by atoms with Crippen molar-refractivity contribution < 1.29 is 23.1 Å². The maximum atomic E-state index is 13.3. The highest BCUT2D eigenvalue weighted by Gasteiger charge is 2.15. The zero-order valence-corrected chi connectivity index (χ0v) is 11.1. The van der Waals surface area contributed by atoms with Crippen molar-refractivity contribution in [2.24, 2.45) is 0 Å². The van der Waals surface area contributed by atoms with Crippen LogP contribution in [0.3, 0.4) is 0 Å². The molecular weight excluding hydrogens is 279 g/mol. The number of carbonyl (C=O) groups excluding carboxylic acids is 1. The van der Waals surface area contributed by atoms with Crippen LogP contribution in [-0.4, -0.2) is 28.6 Å².